The molecular formula is C13H19BrN2O. The maximum atomic E-state index is 11.5. The Hall–Kier alpha value is -1.03. The summed E-state index contributed by atoms with van der Waals surface area (Å²) in [6.07, 6.45) is 0. The highest BCUT2D eigenvalue weighted by Crippen LogP contribution is 2.22. The lowest BCUT2D eigenvalue weighted by molar-refractivity contribution is -0.119. The van der Waals surface area contributed by atoms with Crippen molar-refractivity contribution in [1.29, 1.82) is 0 Å². The van der Waals surface area contributed by atoms with Gasteiger partial charge in [-0.1, -0.05) is 19.9 Å². The van der Waals surface area contributed by atoms with Crippen LogP contribution >= 0.6 is 15.9 Å². The van der Waals surface area contributed by atoms with Crippen molar-refractivity contribution < 1.29 is 4.79 Å². The van der Waals surface area contributed by atoms with Crippen molar-refractivity contribution in [1.82, 2.24) is 5.32 Å². The fourth-order valence-electron chi connectivity index (χ4n) is 1.32. The standard InChI is InChI=1S/C13H19BrN2O/c1-9(2)7-16-13(17)8-15-12-5-4-10(3)6-11(12)14/h4-6,9,15H,7-8H2,1-3H3,(H,16,17). The average Bonchev–Trinajstić information content (AvgIpc) is 2.25. The molecule has 0 unspecified atom stereocenters. The Bertz CT molecular complexity index is 391. The predicted octanol–water partition coefficient (Wildman–Crippen LogP) is 2.94. The van der Waals surface area contributed by atoms with Gasteiger partial charge in [0.2, 0.25) is 5.91 Å². The molecule has 1 aromatic carbocycles. The molecular weight excluding hydrogens is 280 g/mol. The second kappa shape index (κ2) is 6.64. The first-order chi connectivity index (χ1) is 7.99. The quantitative estimate of drug-likeness (QED) is 0.877. The van der Waals surface area contributed by atoms with Gasteiger partial charge in [0.1, 0.15) is 0 Å². The van der Waals surface area contributed by atoms with E-state index in [4.69, 9.17) is 0 Å². The van der Waals surface area contributed by atoms with E-state index in [1.807, 2.05) is 25.1 Å². The van der Waals surface area contributed by atoms with Crippen molar-refractivity contribution >= 4 is 27.5 Å². The minimum absolute atomic E-state index is 0.0196. The number of amides is 1. The van der Waals surface area contributed by atoms with Crippen molar-refractivity contribution in [3.63, 3.8) is 0 Å². The number of hydrogen-bond acceptors (Lipinski definition) is 2. The molecule has 0 aliphatic carbocycles. The lowest BCUT2D eigenvalue weighted by Crippen LogP contribution is -2.32. The van der Waals surface area contributed by atoms with Gasteiger partial charge in [-0.05, 0) is 46.5 Å². The van der Waals surface area contributed by atoms with Gasteiger partial charge in [-0.15, -0.1) is 0 Å². The summed E-state index contributed by atoms with van der Waals surface area (Å²) in [6.45, 7) is 7.20. The monoisotopic (exact) mass is 298 g/mol. The summed E-state index contributed by atoms with van der Waals surface area (Å²) in [4.78, 5) is 11.5. The third kappa shape index (κ3) is 5.22. The van der Waals surface area contributed by atoms with E-state index >= 15 is 0 Å². The molecule has 0 saturated carbocycles. The Morgan fingerprint density at radius 2 is 2.12 bits per heavy atom. The molecule has 1 amide bonds. The third-order valence-electron chi connectivity index (χ3n) is 2.27. The van der Waals surface area contributed by atoms with Gasteiger partial charge in [0.25, 0.3) is 0 Å². The smallest absolute Gasteiger partial charge is 0.239 e. The molecule has 3 nitrogen and oxygen atoms in total. The van der Waals surface area contributed by atoms with E-state index in [1.54, 1.807) is 0 Å². The van der Waals surface area contributed by atoms with Crippen LogP contribution in [0.15, 0.2) is 22.7 Å². The van der Waals surface area contributed by atoms with Crippen molar-refractivity contribution in [3.8, 4) is 0 Å². The first-order valence-electron chi connectivity index (χ1n) is 5.75. The Morgan fingerprint density at radius 1 is 1.41 bits per heavy atom. The van der Waals surface area contributed by atoms with E-state index in [2.05, 4.69) is 40.4 Å². The molecule has 0 heterocycles. The summed E-state index contributed by atoms with van der Waals surface area (Å²) in [6, 6.07) is 6.00. The molecule has 1 aromatic rings. The molecule has 0 spiro atoms. The van der Waals surface area contributed by atoms with Crippen molar-refractivity contribution in [2.24, 2.45) is 5.92 Å². The zero-order valence-electron chi connectivity index (χ0n) is 10.5. The maximum Gasteiger partial charge on any atom is 0.239 e. The van der Waals surface area contributed by atoms with Crippen molar-refractivity contribution in [2.75, 3.05) is 18.4 Å². The zero-order valence-corrected chi connectivity index (χ0v) is 12.1. The van der Waals surface area contributed by atoms with Crippen LogP contribution in [0.3, 0.4) is 0 Å². The molecule has 0 bridgehead atoms. The number of carbonyl (C=O) groups excluding carboxylic acids is 1. The zero-order chi connectivity index (χ0) is 12.8. The fourth-order valence-corrected chi connectivity index (χ4v) is 1.95. The molecule has 0 aromatic heterocycles. The Kier molecular flexibility index (Phi) is 5.48. The van der Waals surface area contributed by atoms with Crippen LogP contribution in [-0.2, 0) is 4.79 Å². The second-order valence-corrected chi connectivity index (χ2v) is 5.39. The lowest BCUT2D eigenvalue weighted by Gasteiger charge is -2.10. The molecule has 1 rings (SSSR count). The molecule has 0 saturated heterocycles. The molecule has 17 heavy (non-hydrogen) atoms. The predicted molar refractivity (Wildman–Crippen MR) is 75.2 cm³/mol. The van der Waals surface area contributed by atoms with Gasteiger partial charge in [-0.3, -0.25) is 4.79 Å². The van der Waals surface area contributed by atoms with E-state index in [0.29, 0.717) is 12.5 Å². The van der Waals surface area contributed by atoms with Crippen LogP contribution in [-0.4, -0.2) is 19.0 Å². The fraction of sp³-hybridized carbons (Fsp3) is 0.462. The van der Waals surface area contributed by atoms with Crippen LogP contribution in [0.4, 0.5) is 5.69 Å². The van der Waals surface area contributed by atoms with Crippen LogP contribution in [0.1, 0.15) is 19.4 Å². The molecule has 4 heteroatoms. The Labute approximate surface area is 111 Å². The molecule has 0 aliphatic rings. The van der Waals surface area contributed by atoms with Gasteiger partial charge in [0.15, 0.2) is 0 Å². The number of halogens is 1. The van der Waals surface area contributed by atoms with Gasteiger partial charge in [0.05, 0.1) is 6.54 Å². The summed E-state index contributed by atoms with van der Waals surface area (Å²) < 4.78 is 0.981. The molecule has 0 fully saturated rings. The van der Waals surface area contributed by atoms with Gasteiger partial charge in [0, 0.05) is 16.7 Å². The number of hydrogen-bond donors (Lipinski definition) is 2. The summed E-state index contributed by atoms with van der Waals surface area (Å²) >= 11 is 3.47. The van der Waals surface area contributed by atoms with E-state index in [9.17, 15) is 4.79 Å². The minimum Gasteiger partial charge on any atom is -0.375 e. The lowest BCUT2D eigenvalue weighted by atomic mass is 10.2. The summed E-state index contributed by atoms with van der Waals surface area (Å²) in [5.41, 5.74) is 2.13. The van der Waals surface area contributed by atoms with E-state index in [1.165, 1.54) is 5.56 Å². The number of benzene rings is 1. The molecule has 0 radical (unpaired) electrons. The minimum atomic E-state index is 0.0196. The second-order valence-electron chi connectivity index (χ2n) is 4.53. The van der Waals surface area contributed by atoms with Crippen molar-refractivity contribution in [3.05, 3.63) is 28.2 Å². The topological polar surface area (TPSA) is 41.1 Å². The van der Waals surface area contributed by atoms with Crippen LogP contribution < -0.4 is 10.6 Å². The largest absolute Gasteiger partial charge is 0.375 e. The van der Waals surface area contributed by atoms with Crippen LogP contribution in [0, 0.1) is 12.8 Å². The van der Waals surface area contributed by atoms with E-state index < -0.39 is 0 Å². The van der Waals surface area contributed by atoms with Gasteiger partial charge < -0.3 is 10.6 Å². The Morgan fingerprint density at radius 3 is 2.71 bits per heavy atom. The number of anilines is 1. The highest BCUT2D eigenvalue weighted by atomic mass is 79.9. The summed E-state index contributed by atoms with van der Waals surface area (Å²) in [5, 5.41) is 5.97. The highest BCUT2D eigenvalue weighted by molar-refractivity contribution is 9.10. The number of aryl methyl sites for hydroxylation is 1. The average molecular weight is 299 g/mol. The molecule has 94 valence electrons. The highest BCUT2D eigenvalue weighted by Gasteiger charge is 2.04. The van der Waals surface area contributed by atoms with Crippen molar-refractivity contribution in [2.45, 2.75) is 20.8 Å². The molecule has 0 atom stereocenters. The number of carbonyl (C=O) groups is 1. The number of nitrogens with one attached hydrogen (secondary N) is 2. The first-order valence-corrected chi connectivity index (χ1v) is 6.55. The normalized spacial score (nSPS) is 10.4. The van der Waals surface area contributed by atoms with E-state index in [0.717, 1.165) is 16.7 Å². The van der Waals surface area contributed by atoms with Crippen LogP contribution in [0.25, 0.3) is 0 Å². The third-order valence-corrected chi connectivity index (χ3v) is 2.93. The van der Waals surface area contributed by atoms with Gasteiger partial charge in [-0.2, -0.15) is 0 Å². The summed E-state index contributed by atoms with van der Waals surface area (Å²) in [7, 11) is 0. The van der Waals surface area contributed by atoms with Gasteiger partial charge in [-0.25, -0.2) is 0 Å². The van der Waals surface area contributed by atoms with Crippen LogP contribution in [0.5, 0.6) is 0 Å². The maximum absolute atomic E-state index is 11.5. The summed E-state index contributed by atoms with van der Waals surface area (Å²) in [5.74, 6) is 0.497. The van der Waals surface area contributed by atoms with E-state index in [-0.39, 0.29) is 5.91 Å². The Balaban J connectivity index is 2.42. The first kappa shape index (κ1) is 14.0. The number of rotatable bonds is 5. The van der Waals surface area contributed by atoms with Gasteiger partial charge >= 0.3 is 0 Å². The molecule has 2 N–H and O–H groups in total. The van der Waals surface area contributed by atoms with Crippen LogP contribution in [0.2, 0.25) is 0 Å². The SMILES string of the molecule is Cc1ccc(NCC(=O)NCC(C)C)c(Br)c1. The molecule has 0 aliphatic heterocycles.